The van der Waals surface area contributed by atoms with Crippen molar-refractivity contribution < 1.29 is 10.0 Å². The summed E-state index contributed by atoms with van der Waals surface area (Å²) < 4.78 is 0. The Bertz CT molecular complexity index is 40.7. The molecule has 7 heavy (non-hydrogen) atoms. The summed E-state index contributed by atoms with van der Waals surface area (Å²) in [6.45, 7) is 2.78. The lowest BCUT2D eigenvalue weighted by molar-refractivity contribution is -1.04. The van der Waals surface area contributed by atoms with E-state index in [9.17, 15) is 0 Å². The third-order valence-electron chi connectivity index (χ3n) is 0.676. The van der Waals surface area contributed by atoms with Crippen LogP contribution in [0.5, 0.6) is 0 Å². The minimum Gasteiger partial charge on any atom is -0.420 e. The van der Waals surface area contributed by atoms with Crippen molar-refractivity contribution in [3.8, 4) is 0 Å². The molecule has 44 valence electrons. The topological polar surface area (TPSA) is 27.8 Å². The maximum absolute atomic E-state index is 4.74. The average Bonchev–Trinajstić information content (AvgIpc) is 1.68. The van der Waals surface area contributed by atoms with Crippen LogP contribution in [-0.4, -0.2) is 20.7 Å². The lowest BCUT2D eigenvalue weighted by atomic mass is 10.8. The maximum Gasteiger partial charge on any atom is 0.0944 e. The normalized spacial score (nSPS) is 14.1. The van der Waals surface area contributed by atoms with Crippen molar-refractivity contribution in [2.24, 2.45) is 0 Å². The van der Waals surface area contributed by atoms with Crippen LogP contribution in [0, 0.1) is 0 Å². The van der Waals surface area contributed by atoms with E-state index in [2.05, 4.69) is 5.43 Å². The van der Waals surface area contributed by atoms with Gasteiger partial charge in [-0.15, -0.1) is 6.54 Å². The quantitative estimate of drug-likeness (QED) is 0.474. The van der Waals surface area contributed by atoms with Crippen LogP contribution >= 0.6 is 0 Å². The molecule has 0 bridgehead atoms. The van der Waals surface area contributed by atoms with E-state index in [1.807, 2.05) is 14.0 Å². The van der Waals surface area contributed by atoms with Crippen molar-refractivity contribution in [2.45, 2.75) is 6.92 Å². The second-order valence-corrected chi connectivity index (χ2v) is 1.20. The first-order valence-corrected chi connectivity index (χ1v) is 2.36. The Hall–Kier alpha value is -0.120. The Morgan fingerprint density at radius 3 is 2.43 bits per heavy atom. The molecule has 0 aliphatic heterocycles. The van der Waals surface area contributed by atoms with Gasteiger partial charge in [-0.2, -0.15) is 0 Å². The Balaban J connectivity index is 2.83. The Labute approximate surface area is 44.2 Å². The van der Waals surface area contributed by atoms with Gasteiger partial charge >= 0.3 is 0 Å². The molecule has 0 spiro atoms. The fourth-order valence-corrected chi connectivity index (χ4v) is 0.287. The van der Waals surface area contributed by atoms with E-state index in [-0.39, 0.29) is 0 Å². The van der Waals surface area contributed by atoms with Gasteiger partial charge in [0.1, 0.15) is 0 Å². The van der Waals surface area contributed by atoms with E-state index in [4.69, 9.17) is 4.84 Å². The first kappa shape index (κ1) is 6.88. The molecule has 0 aromatic carbocycles. The van der Waals surface area contributed by atoms with Crippen molar-refractivity contribution in [3.63, 3.8) is 0 Å². The first-order chi connectivity index (χ1) is 3.31. The molecule has 0 saturated carbocycles. The van der Waals surface area contributed by atoms with Gasteiger partial charge in [-0.1, -0.05) is 6.92 Å². The lowest BCUT2D eigenvalue weighted by Crippen LogP contribution is -3.03. The highest BCUT2D eigenvalue weighted by Gasteiger charge is 1.77. The van der Waals surface area contributed by atoms with Gasteiger partial charge in [0.25, 0.3) is 0 Å². The van der Waals surface area contributed by atoms with E-state index >= 15 is 0 Å². The molecule has 0 aliphatic rings. The largest absolute Gasteiger partial charge is 0.420 e. The van der Waals surface area contributed by atoms with Gasteiger partial charge in [-0.3, -0.25) is 5.17 Å². The summed E-state index contributed by atoms with van der Waals surface area (Å²) in [7, 11) is 3.46. The molecule has 0 saturated heterocycles. The molecule has 0 aromatic heterocycles. The molecule has 1 N–H and O–H groups in total. The third kappa shape index (κ3) is 3.72. The van der Waals surface area contributed by atoms with Gasteiger partial charge in [0.05, 0.1) is 14.2 Å². The molecule has 3 nitrogen and oxygen atoms in total. The summed E-state index contributed by atoms with van der Waals surface area (Å²) >= 11 is 0. The zero-order valence-electron chi connectivity index (χ0n) is 5.06. The summed E-state index contributed by atoms with van der Waals surface area (Å²) in [6, 6.07) is 0. The molecule has 1 atom stereocenters. The summed E-state index contributed by atoms with van der Waals surface area (Å²) in [6.07, 6.45) is 0. The van der Waals surface area contributed by atoms with Crippen molar-refractivity contribution in [2.75, 3.05) is 20.7 Å². The maximum atomic E-state index is 4.74. The molecule has 0 amide bonds. The molecular formula is C4H12N2O. The molecule has 0 heterocycles. The molecular weight excluding hydrogens is 92.1 g/mol. The Morgan fingerprint density at radius 2 is 2.29 bits per heavy atom. The highest BCUT2D eigenvalue weighted by atomic mass is 16.7. The second kappa shape index (κ2) is 4.05. The first-order valence-electron chi connectivity index (χ1n) is 2.36. The predicted octanol–water partition coefficient (Wildman–Crippen LogP) is -0.629. The van der Waals surface area contributed by atoms with Crippen LogP contribution in [0.3, 0.4) is 0 Å². The minimum atomic E-state index is 0.752. The van der Waals surface area contributed by atoms with Crippen LogP contribution in [0.2, 0.25) is 0 Å². The number of nitrogens with zero attached hydrogens (tertiary/aromatic N) is 1. The van der Waals surface area contributed by atoms with Crippen LogP contribution in [0.15, 0.2) is 0 Å². The van der Waals surface area contributed by atoms with E-state index in [0.717, 1.165) is 11.7 Å². The van der Waals surface area contributed by atoms with Gasteiger partial charge in [0.15, 0.2) is 0 Å². The SMILES string of the molecule is CC[N-][NH+](C)OC. The Morgan fingerprint density at radius 1 is 1.71 bits per heavy atom. The zero-order chi connectivity index (χ0) is 5.70. The molecule has 0 radical (unpaired) electrons. The molecule has 3 heteroatoms. The highest BCUT2D eigenvalue weighted by molar-refractivity contribution is 4.47. The van der Waals surface area contributed by atoms with E-state index in [1.165, 1.54) is 0 Å². The van der Waals surface area contributed by atoms with Crippen molar-refractivity contribution in [1.29, 1.82) is 0 Å². The molecule has 0 aliphatic carbocycles. The van der Waals surface area contributed by atoms with Crippen molar-refractivity contribution in [1.82, 2.24) is 0 Å². The van der Waals surface area contributed by atoms with E-state index < -0.39 is 0 Å². The number of hydrogen-bond donors (Lipinski definition) is 1. The average molecular weight is 104 g/mol. The molecule has 1 unspecified atom stereocenters. The number of hydrogen-bond acceptors (Lipinski definition) is 1. The summed E-state index contributed by atoms with van der Waals surface area (Å²) in [5.41, 5.74) is 3.94. The molecule has 0 rings (SSSR count). The standard InChI is InChI=1S/C4H12N2O/c1-4-5-6(2)7-3/h6H,4H2,1-3H3. The van der Waals surface area contributed by atoms with Gasteiger partial charge in [0.2, 0.25) is 0 Å². The molecule has 0 fully saturated rings. The fourth-order valence-electron chi connectivity index (χ4n) is 0.287. The van der Waals surface area contributed by atoms with Crippen LogP contribution in [0.4, 0.5) is 0 Å². The zero-order valence-corrected chi connectivity index (χ0v) is 5.06. The summed E-state index contributed by atoms with van der Waals surface area (Å²) in [5.74, 6) is 0. The number of nitrogens with one attached hydrogen (secondary N) is 1. The van der Waals surface area contributed by atoms with Gasteiger partial charge in [-0.05, 0) is 0 Å². The van der Waals surface area contributed by atoms with E-state index in [0.29, 0.717) is 0 Å². The van der Waals surface area contributed by atoms with Crippen LogP contribution in [0.1, 0.15) is 6.92 Å². The van der Waals surface area contributed by atoms with Crippen molar-refractivity contribution in [3.05, 3.63) is 5.43 Å². The predicted molar refractivity (Wildman–Crippen MR) is 27.8 cm³/mol. The smallest absolute Gasteiger partial charge is 0.0944 e. The van der Waals surface area contributed by atoms with Crippen LogP contribution < -0.4 is 5.17 Å². The van der Waals surface area contributed by atoms with Gasteiger partial charge in [-0.25, -0.2) is 4.84 Å². The number of quaternary nitrogens is 1. The monoisotopic (exact) mass is 104 g/mol. The Kier molecular flexibility index (Phi) is 3.98. The van der Waals surface area contributed by atoms with Crippen LogP contribution in [-0.2, 0) is 4.84 Å². The summed E-state index contributed by atoms with van der Waals surface area (Å²) in [4.78, 5) is 4.74. The van der Waals surface area contributed by atoms with E-state index in [1.54, 1.807) is 7.11 Å². The fraction of sp³-hybridized carbons (Fsp3) is 1.00. The summed E-state index contributed by atoms with van der Waals surface area (Å²) in [5, 5.41) is 0.752. The number of rotatable bonds is 3. The highest BCUT2D eigenvalue weighted by Crippen LogP contribution is 1.63. The van der Waals surface area contributed by atoms with Crippen LogP contribution in [0.25, 0.3) is 5.43 Å². The van der Waals surface area contributed by atoms with Crippen molar-refractivity contribution >= 4 is 0 Å². The number of hydroxylamine groups is 1. The second-order valence-electron chi connectivity index (χ2n) is 1.20. The van der Waals surface area contributed by atoms with Gasteiger partial charge in [0, 0.05) is 0 Å². The molecule has 0 aromatic rings. The minimum absolute atomic E-state index is 0.752. The third-order valence-corrected chi connectivity index (χ3v) is 0.676. The lowest BCUT2D eigenvalue weighted by Gasteiger charge is -2.20. The van der Waals surface area contributed by atoms with Gasteiger partial charge < -0.3 is 5.43 Å².